The molecular formula is C14H18F3NO2. The lowest BCUT2D eigenvalue weighted by atomic mass is 10.0. The van der Waals surface area contributed by atoms with Crippen LogP contribution in [0.1, 0.15) is 30.9 Å². The van der Waals surface area contributed by atoms with Gasteiger partial charge in [-0.3, -0.25) is 0 Å². The van der Waals surface area contributed by atoms with Gasteiger partial charge in [-0.25, -0.2) is 4.79 Å². The van der Waals surface area contributed by atoms with Crippen molar-refractivity contribution in [2.45, 2.75) is 32.5 Å². The third kappa shape index (κ3) is 5.50. The fraction of sp³-hybridized carbons (Fsp3) is 0.500. The number of carbonyl (C=O) groups is 1. The van der Waals surface area contributed by atoms with Crippen LogP contribution in [-0.4, -0.2) is 30.8 Å². The summed E-state index contributed by atoms with van der Waals surface area (Å²) in [6, 6.07) is 7.58. The summed E-state index contributed by atoms with van der Waals surface area (Å²) in [5.74, 6) is 0.401. The Hall–Kier alpha value is -1.72. The SMILES string of the molecule is CC(C)c1ccc(CN(C)C(=O)OCC(F)(F)F)cc1. The molecule has 0 fully saturated rings. The molecule has 1 aromatic rings. The third-order valence-electron chi connectivity index (χ3n) is 2.74. The van der Waals surface area contributed by atoms with Gasteiger partial charge in [0.25, 0.3) is 0 Å². The highest BCUT2D eigenvalue weighted by Crippen LogP contribution is 2.17. The average Bonchev–Trinajstić information content (AvgIpc) is 2.35. The Morgan fingerprint density at radius 1 is 1.25 bits per heavy atom. The van der Waals surface area contributed by atoms with E-state index in [-0.39, 0.29) is 6.54 Å². The normalized spacial score (nSPS) is 11.6. The maximum absolute atomic E-state index is 11.9. The van der Waals surface area contributed by atoms with Gasteiger partial charge in [0.15, 0.2) is 6.61 Å². The molecule has 1 aromatic carbocycles. The molecule has 3 nitrogen and oxygen atoms in total. The predicted molar refractivity (Wildman–Crippen MR) is 69.4 cm³/mol. The molecule has 0 heterocycles. The van der Waals surface area contributed by atoms with Gasteiger partial charge in [-0.05, 0) is 17.0 Å². The Morgan fingerprint density at radius 3 is 2.25 bits per heavy atom. The summed E-state index contributed by atoms with van der Waals surface area (Å²) in [7, 11) is 1.40. The van der Waals surface area contributed by atoms with Gasteiger partial charge in [0.05, 0.1) is 0 Å². The van der Waals surface area contributed by atoms with E-state index in [1.54, 1.807) is 0 Å². The van der Waals surface area contributed by atoms with Crippen LogP contribution in [0.4, 0.5) is 18.0 Å². The summed E-state index contributed by atoms with van der Waals surface area (Å²) in [5.41, 5.74) is 2.00. The summed E-state index contributed by atoms with van der Waals surface area (Å²) in [4.78, 5) is 12.5. The number of alkyl halides is 3. The highest BCUT2D eigenvalue weighted by atomic mass is 19.4. The number of amides is 1. The summed E-state index contributed by atoms with van der Waals surface area (Å²) < 4.78 is 40.0. The molecule has 1 rings (SSSR count). The summed E-state index contributed by atoms with van der Waals surface area (Å²) in [6.07, 6.45) is -5.50. The summed E-state index contributed by atoms with van der Waals surface area (Å²) >= 11 is 0. The first-order valence-corrected chi connectivity index (χ1v) is 6.22. The standard InChI is InChI=1S/C14H18F3NO2/c1-10(2)12-6-4-11(5-7-12)8-18(3)13(19)20-9-14(15,16)17/h4-7,10H,8-9H2,1-3H3. The van der Waals surface area contributed by atoms with Crippen LogP contribution in [0.2, 0.25) is 0 Å². The van der Waals surface area contributed by atoms with Crippen molar-refractivity contribution < 1.29 is 22.7 Å². The second-order valence-corrected chi connectivity index (χ2v) is 4.92. The fourth-order valence-corrected chi connectivity index (χ4v) is 1.60. The number of nitrogens with zero attached hydrogens (tertiary/aromatic N) is 1. The number of ether oxygens (including phenoxy) is 1. The third-order valence-corrected chi connectivity index (χ3v) is 2.74. The minimum Gasteiger partial charge on any atom is -0.440 e. The Balaban J connectivity index is 2.53. The predicted octanol–water partition coefficient (Wildman–Crippen LogP) is 3.94. The van der Waals surface area contributed by atoms with Gasteiger partial charge in [-0.15, -0.1) is 0 Å². The smallest absolute Gasteiger partial charge is 0.422 e. The van der Waals surface area contributed by atoms with E-state index in [9.17, 15) is 18.0 Å². The van der Waals surface area contributed by atoms with Crippen LogP contribution in [0, 0.1) is 0 Å². The van der Waals surface area contributed by atoms with E-state index in [4.69, 9.17) is 0 Å². The molecule has 0 atom stereocenters. The van der Waals surface area contributed by atoms with Crippen molar-refractivity contribution in [2.24, 2.45) is 0 Å². The van der Waals surface area contributed by atoms with Crippen molar-refractivity contribution >= 4 is 6.09 Å². The van der Waals surface area contributed by atoms with Crippen LogP contribution in [0.25, 0.3) is 0 Å². The lowest BCUT2D eigenvalue weighted by molar-refractivity contribution is -0.162. The van der Waals surface area contributed by atoms with Gasteiger partial charge in [-0.1, -0.05) is 38.1 Å². The van der Waals surface area contributed by atoms with E-state index in [1.165, 1.54) is 7.05 Å². The van der Waals surface area contributed by atoms with Crippen molar-refractivity contribution in [3.8, 4) is 0 Å². The Morgan fingerprint density at radius 2 is 1.80 bits per heavy atom. The average molecular weight is 289 g/mol. The fourth-order valence-electron chi connectivity index (χ4n) is 1.60. The Kier molecular flexibility index (Phi) is 5.42. The van der Waals surface area contributed by atoms with Gasteiger partial charge in [-0.2, -0.15) is 13.2 Å². The van der Waals surface area contributed by atoms with Crippen LogP contribution >= 0.6 is 0 Å². The molecule has 0 N–H and O–H groups in total. The maximum atomic E-state index is 11.9. The number of halogens is 3. The Bertz CT molecular complexity index is 441. The monoisotopic (exact) mass is 289 g/mol. The van der Waals surface area contributed by atoms with Crippen LogP contribution in [-0.2, 0) is 11.3 Å². The number of carbonyl (C=O) groups excluding carboxylic acids is 1. The van der Waals surface area contributed by atoms with Gasteiger partial charge in [0.2, 0.25) is 0 Å². The minimum atomic E-state index is -4.50. The van der Waals surface area contributed by atoms with Crippen molar-refractivity contribution in [1.82, 2.24) is 4.90 Å². The maximum Gasteiger partial charge on any atom is 0.422 e. The van der Waals surface area contributed by atoms with E-state index in [1.807, 2.05) is 24.3 Å². The van der Waals surface area contributed by atoms with Gasteiger partial charge in [0.1, 0.15) is 0 Å². The molecule has 0 saturated heterocycles. The number of rotatable bonds is 4. The highest BCUT2D eigenvalue weighted by Gasteiger charge is 2.30. The van der Waals surface area contributed by atoms with E-state index >= 15 is 0 Å². The van der Waals surface area contributed by atoms with Crippen molar-refractivity contribution in [3.05, 3.63) is 35.4 Å². The van der Waals surface area contributed by atoms with Crippen LogP contribution < -0.4 is 0 Å². The first-order valence-electron chi connectivity index (χ1n) is 6.22. The molecule has 112 valence electrons. The molecule has 0 spiro atoms. The lowest BCUT2D eigenvalue weighted by Crippen LogP contribution is -2.30. The summed E-state index contributed by atoms with van der Waals surface area (Å²) in [5, 5.41) is 0. The molecule has 0 aliphatic heterocycles. The molecule has 0 radical (unpaired) electrons. The minimum absolute atomic E-state index is 0.203. The highest BCUT2D eigenvalue weighted by molar-refractivity contribution is 5.67. The second-order valence-electron chi connectivity index (χ2n) is 4.92. The molecular weight excluding hydrogens is 271 g/mol. The number of benzene rings is 1. The van der Waals surface area contributed by atoms with Gasteiger partial charge >= 0.3 is 12.3 Å². The van der Waals surface area contributed by atoms with Crippen molar-refractivity contribution in [1.29, 1.82) is 0 Å². The topological polar surface area (TPSA) is 29.5 Å². The molecule has 0 unspecified atom stereocenters. The first-order chi connectivity index (χ1) is 9.19. The molecule has 0 aliphatic rings. The zero-order valence-corrected chi connectivity index (χ0v) is 11.7. The van der Waals surface area contributed by atoms with Crippen molar-refractivity contribution in [3.63, 3.8) is 0 Å². The van der Waals surface area contributed by atoms with Crippen LogP contribution in [0.15, 0.2) is 24.3 Å². The molecule has 0 saturated carbocycles. The molecule has 20 heavy (non-hydrogen) atoms. The zero-order chi connectivity index (χ0) is 15.3. The largest absolute Gasteiger partial charge is 0.440 e. The second kappa shape index (κ2) is 6.63. The van der Waals surface area contributed by atoms with E-state index in [0.717, 1.165) is 16.0 Å². The molecule has 0 aliphatic carbocycles. The number of hydrogen-bond donors (Lipinski definition) is 0. The van der Waals surface area contributed by atoms with Crippen LogP contribution in [0.5, 0.6) is 0 Å². The summed E-state index contributed by atoms with van der Waals surface area (Å²) in [6.45, 7) is 2.77. The Labute approximate surface area is 116 Å². The first kappa shape index (κ1) is 16.3. The molecule has 1 amide bonds. The van der Waals surface area contributed by atoms with E-state index in [0.29, 0.717) is 5.92 Å². The van der Waals surface area contributed by atoms with Gasteiger partial charge in [0, 0.05) is 13.6 Å². The van der Waals surface area contributed by atoms with Gasteiger partial charge < -0.3 is 9.64 Å². The zero-order valence-electron chi connectivity index (χ0n) is 11.7. The van der Waals surface area contributed by atoms with Crippen LogP contribution in [0.3, 0.4) is 0 Å². The molecule has 6 heteroatoms. The lowest BCUT2D eigenvalue weighted by Gasteiger charge is -2.18. The van der Waals surface area contributed by atoms with E-state index in [2.05, 4.69) is 18.6 Å². The molecule has 0 bridgehead atoms. The number of hydrogen-bond acceptors (Lipinski definition) is 2. The quantitative estimate of drug-likeness (QED) is 0.840. The van der Waals surface area contributed by atoms with Crippen molar-refractivity contribution in [2.75, 3.05) is 13.7 Å². The molecule has 0 aromatic heterocycles. The van der Waals surface area contributed by atoms with E-state index < -0.39 is 18.9 Å².